The Morgan fingerprint density at radius 3 is 2.59 bits per heavy atom. The van der Waals surface area contributed by atoms with Gasteiger partial charge in [-0.15, -0.1) is 0 Å². The molecule has 8 heteroatoms. The zero-order valence-corrected chi connectivity index (χ0v) is 20.2. The molecule has 0 spiro atoms. The van der Waals surface area contributed by atoms with E-state index in [1.807, 2.05) is 30.3 Å². The highest BCUT2D eigenvalue weighted by atomic mass is 79.9. The minimum atomic E-state index is -0.654. The summed E-state index contributed by atoms with van der Waals surface area (Å²) in [5, 5.41) is 0.441. The molecule has 3 aromatic rings. The number of cyclic esters (lactones) is 1. The van der Waals surface area contributed by atoms with Crippen LogP contribution in [-0.2, 0) is 14.3 Å². The Balaban J connectivity index is 1.62. The van der Waals surface area contributed by atoms with Crippen LogP contribution in [0, 0.1) is 0 Å². The summed E-state index contributed by atoms with van der Waals surface area (Å²) in [5.74, 6) is -0.435. The van der Waals surface area contributed by atoms with Crippen LogP contribution in [0.15, 0.2) is 88.0 Å². The molecule has 1 aliphatic heterocycles. The molecular formula is C26H17BrClNO5. The highest BCUT2D eigenvalue weighted by Crippen LogP contribution is 2.30. The lowest BCUT2D eigenvalue weighted by molar-refractivity contribution is -0.130. The van der Waals surface area contributed by atoms with Crippen molar-refractivity contribution >= 4 is 57.5 Å². The van der Waals surface area contributed by atoms with E-state index >= 15 is 0 Å². The topological polar surface area (TPSA) is 74.2 Å². The van der Waals surface area contributed by atoms with Gasteiger partial charge in [-0.1, -0.05) is 57.9 Å². The van der Waals surface area contributed by atoms with Crippen LogP contribution >= 0.6 is 27.5 Å². The summed E-state index contributed by atoms with van der Waals surface area (Å²) in [7, 11) is 1.50. The summed E-state index contributed by atoms with van der Waals surface area (Å²) in [5.41, 5.74) is 1.81. The highest BCUT2D eigenvalue weighted by Gasteiger charge is 2.27. The number of hydrogen-bond acceptors (Lipinski definition) is 6. The van der Waals surface area contributed by atoms with Gasteiger partial charge in [0.1, 0.15) is 11.5 Å². The molecule has 0 radical (unpaired) electrons. The summed E-state index contributed by atoms with van der Waals surface area (Å²) < 4.78 is 16.9. The molecule has 34 heavy (non-hydrogen) atoms. The van der Waals surface area contributed by atoms with Gasteiger partial charge in [-0.05, 0) is 54.1 Å². The fourth-order valence-corrected chi connectivity index (χ4v) is 3.67. The van der Waals surface area contributed by atoms with E-state index in [1.54, 1.807) is 42.5 Å². The monoisotopic (exact) mass is 537 g/mol. The normalized spacial score (nSPS) is 14.3. The van der Waals surface area contributed by atoms with E-state index in [9.17, 15) is 9.59 Å². The van der Waals surface area contributed by atoms with E-state index < -0.39 is 11.9 Å². The van der Waals surface area contributed by atoms with E-state index in [0.29, 0.717) is 21.9 Å². The molecule has 0 atom stereocenters. The number of hydrogen-bond donors (Lipinski definition) is 0. The summed E-state index contributed by atoms with van der Waals surface area (Å²) in [6, 6.07) is 19.3. The predicted molar refractivity (Wildman–Crippen MR) is 134 cm³/mol. The number of carbonyl (C=O) groups is 2. The molecule has 0 fully saturated rings. The van der Waals surface area contributed by atoms with Crippen molar-refractivity contribution in [3.63, 3.8) is 0 Å². The van der Waals surface area contributed by atoms with E-state index in [4.69, 9.17) is 25.8 Å². The Morgan fingerprint density at radius 2 is 1.82 bits per heavy atom. The molecular weight excluding hydrogens is 522 g/mol. The molecule has 0 bridgehead atoms. The lowest BCUT2D eigenvalue weighted by Crippen LogP contribution is -2.07. The van der Waals surface area contributed by atoms with E-state index in [2.05, 4.69) is 20.9 Å². The van der Waals surface area contributed by atoms with Gasteiger partial charge < -0.3 is 14.2 Å². The maximum atomic E-state index is 12.5. The Morgan fingerprint density at radius 1 is 1.06 bits per heavy atom. The number of benzene rings is 3. The SMILES string of the molecule is COc1ccc(Cl)cc1C1=N/C(=C\c2cc(Br)ccc2OC(=O)/C=C/c2ccccc2)C(=O)O1. The molecule has 0 N–H and O–H groups in total. The predicted octanol–water partition coefficient (Wildman–Crippen LogP) is 6.07. The Labute approximate surface area is 209 Å². The van der Waals surface area contributed by atoms with Crippen LogP contribution < -0.4 is 9.47 Å². The molecule has 0 amide bonds. The molecule has 1 heterocycles. The zero-order valence-electron chi connectivity index (χ0n) is 17.8. The van der Waals surface area contributed by atoms with Gasteiger partial charge in [-0.25, -0.2) is 14.6 Å². The molecule has 0 saturated heterocycles. The molecule has 3 aromatic carbocycles. The van der Waals surface area contributed by atoms with Gasteiger partial charge in [-0.2, -0.15) is 0 Å². The Bertz CT molecular complexity index is 1350. The van der Waals surface area contributed by atoms with Gasteiger partial charge in [0.2, 0.25) is 5.90 Å². The van der Waals surface area contributed by atoms with Crippen molar-refractivity contribution in [1.29, 1.82) is 0 Å². The number of nitrogens with zero attached hydrogens (tertiary/aromatic N) is 1. The van der Waals surface area contributed by atoms with Crippen LogP contribution in [0.1, 0.15) is 16.7 Å². The minimum absolute atomic E-state index is 0.0345. The summed E-state index contributed by atoms with van der Waals surface area (Å²) >= 11 is 9.48. The van der Waals surface area contributed by atoms with E-state index in [0.717, 1.165) is 10.0 Å². The van der Waals surface area contributed by atoms with Gasteiger partial charge in [0.25, 0.3) is 0 Å². The fraction of sp³-hybridized carbons (Fsp3) is 0.0385. The molecule has 0 aliphatic carbocycles. The summed E-state index contributed by atoms with van der Waals surface area (Å²) in [6.45, 7) is 0. The maximum Gasteiger partial charge on any atom is 0.363 e. The second kappa shape index (κ2) is 10.5. The van der Waals surface area contributed by atoms with Gasteiger partial charge in [0.05, 0.1) is 12.7 Å². The third-order valence-electron chi connectivity index (χ3n) is 4.70. The molecule has 0 unspecified atom stereocenters. The van der Waals surface area contributed by atoms with Crippen molar-refractivity contribution in [1.82, 2.24) is 0 Å². The lowest BCUT2D eigenvalue weighted by Gasteiger charge is -2.07. The number of halogens is 2. The first-order valence-electron chi connectivity index (χ1n) is 10.0. The van der Waals surface area contributed by atoms with Gasteiger partial charge in [0, 0.05) is 21.1 Å². The standard InChI is InChI=1S/C26H17BrClNO5/c1-32-23-11-9-19(28)15-20(23)25-29-21(26(31)34-25)14-17-13-18(27)8-10-22(17)33-24(30)12-7-16-5-3-2-4-6-16/h2-15H,1H3/b12-7+,21-14-. The van der Waals surface area contributed by atoms with Crippen molar-refractivity contribution < 1.29 is 23.8 Å². The van der Waals surface area contributed by atoms with Crippen LogP contribution in [0.5, 0.6) is 11.5 Å². The molecule has 0 aromatic heterocycles. The quantitative estimate of drug-likeness (QED) is 0.216. The van der Waals surface area contributed by atoms with Crippen molar-refractivity contribution in [3.05, 3.63) is 105 Å². The van der Waals surface area contributed by atoms with Crippen LogP contribution in [0.3, 0.4) is 0 Å². The van der Waals surface area contributed by atoms with Gasteiger partial charge in [-0.3, -0.25) is 0 Å². The first kappa shape index (κ1) is 23.5. The van der Waals surface area contributed by atoms with Crippen LogP contribution in [0.2, 0.25) is 5.02 Å². The summed E-state index contributed by atoms with van der Waals surface area (Å²) in [6.07, 6.45) is 4.48. The van der Waals surface area contributed by atoms with Crippen LogP contribution in [0.4, 0.5) is 0 Å². The zero-order chi connectivity index (χ0) is 24.1. The van der Waals surface area contributed by atoms with Gasteiger partial charge >= 0.3 is 11.9 Å². The smallest absolute Gasteiger partial charge is 0.363 e. The fourth-order valence-electron chi connectivity index (χ4n) is 3.11. The van der Waals surface area contributed by atoms with Crippen molar-refractivity contribution in [2.24, 2.45) is 4.99 Å². The Hall–Kier alpha value is -3.68. The second-order valence-electron chi connectivity index (χ2n) is 7.03. The lowest BCUT2D eigenvalue weighted by atomic mass is 10.1. The third-order valence-corrected chi connectivity index (χ3v) is 5.43. The van der Waals surface area contributed by atoms with Crippen molar-refractivity contribution in [2.45, 2.75) is 0 Å². The number of carbonyl (C=O) groups excluding carboxylic acids is 2. The summed E-state index contributed by atoms with van der Waals surface area (Å²) in [4.78, 5) is 29.2. The average Bonchev–Trinajstić information content (AvgIpc) is 3.20. The van der Waals surface area contributed by atoms with Crippen LogP contribution in [-0.4, -0.2) is 24.9 Å². The van der Waals surface area contributed by atoms with Gasteiger partial charge in [0.15, 0.2) is 5.70 Å². The number of ether oxygens (including phenoxy) is 3. The second-order valence-corrected chi connectivity index (χ2v) is 8.38. The highest BCUT2D eigenvalue weighted by molar-refractivity contribution is 9.10. The molecule has 1 aliphatic rings. The Kier molecular flexibility index (Phi) is 7.25. The average molecular weight is 539 g/mol. The van der Waals surface area contributed by atoms with E-state index in [1.165, 1.54) is 19.3 Å². The third kappa shape index (κ3) is 5.62. The molecule has 6 nitrogen and oxygen atoms in total. The minimum Gasteiger partial charge on any atom is -0.496 e. The number of esters is 2. The van der Waals surface area contributed by atoms with E-state index in [-0.39, 0.29) is 17.3 Å². The molecule has 170 valence electrons. The number of rotatable bonds is 6. The van der Waals surface area contributed by atoms with Crippen molar-refractivity contribution in [2.75, 3.05) is 7.11 Å². The van der Waals surface area contributed by atoms with Crippen molar-refractivity contribution in [3.8, 4) is 11.5 Å². The first-order chi connectivity index (χ1) is 16.4. The number of aliphatic imine (C=N–C) groups is 1. The molecule has 4 rings (SSSR count). The molecule has 0 saturated carbocycles. The largest absolute Gasteiger partial charge is 0.496 e. The first-order valence-corrected chi connectivity index (χ1v) is 11.2. The number of methoxy groups -OCH3 is 1. The van der Waals surface area contributed by atoms with Crippen LogP contribution in [0.25, 0.3) is 12.2 Å². The maximum absolute atomic E-state index is 12.5.